The van der Waals surface area contributed by atoms with E-state index in [-0.39, 0.29) is 0 Å². The molecule has 0 aromatic carbocycles. The third-order valence-corrected chi connectivity index (χ3v) is 6.56. The highest BCUT2D eigenvalue weighted by atomic mass is 16.5. The van der Waals surface area contributed by atoms with Crippen molar-refractivity contribution in [1.29, 1.82) is 0 Å². The molecule has 30 heavy (non-hydrogen) atoms. The van der Waals surface area contributed by atoms with E-state index in [1.807, 2.05) is 22.7 Å². The number of likely N-dealkylation sites (tertiary alicyclic amines) is 1. The Kier molecular flexibility index (Phi) is 5.56. The number of aromatic nitrogens is 4. The molecular formula is C23H31N5O2. The van der Waals surface area contributed by atoms with Crippen LogP contribution in [-0.4, -0.2) is 57.3 Å². The zero-order chi connectivity index (χ0) is 20.5. The minimum Gasteiger partial charge on any atom is -0.420 e. The standard InChI is InChI=1S/C23H31N5O2/c1-16(2)20-15-28-9-3-4-19(21(28)24-20)23-26-25-22(30-23)18-5-10-27(11-6-18)14-17-7-12-29-13-8-17/h3-4,9,15-18H,5-8,10-14H2,1-2H3. The zero-order valence-corrected chi connectivity index (χ0v) is 18.0. The van der Waals surface area contributed by atoms with Gasteiger partial charge in [-0.3, -0.25) is 0 Å². The predicted octanol–water partition coefficient (Wildman–Crippen LogP) is 4.11. The number of piperidine rings is 1. The van der Waals surface area contributed by atoms with Crippen molar-refractivity contribution in [2.24, 2.45) is 5.92 Å². The summed E-state index contributed by atoms with van der Waals surface area (Å²) in [6, 6.07) is 4.02. The average molecular weight is 410 g/mol. The molecule has 5 rings (SSSR count). The lowest BCUT2D eigenvalue weighted by Gasteiger charge is -2.34. The molecule has 3 aromatic heterocycles. The molecule has 0 saturated carbocycles. The fourth-order valence-corrected chi connectivity index (χ4v) is 4.64. The van der Waals surface area contributed by atoms with Crippen molar-refractivity contribution in [1.82, 2.24) is 24.5 Å². The number of pyridine rings is 1. The summed E-state index contributed by atoms with van der Waals surface area (Å²) < 4.78 is 13.7. The average Bonchev–Trinajstić information content (AvgIpc) is 3.42. The maximum atomic E-state index is 6.16. The van der Waals surface area contributed by atoms with Crippen LogP contribution in [0.25, 0.3) is 17.1 Å². The molecular weight excluding hydrogens is 378 g/mol. The van der Waals surface area contributed by atoms with Crippen molar-refractivity contribution in [3.05, 3.63) is 36.1 Å². The summed E-state index contributed by atoms with van der Waals surface area (Å²) in [5, 5.41) is 8.80. The van der Waals surface area contributed by atoms with Gasteiger partial charge in [-0.25, -0.2) is 4.98 Å². The molecule has 0 aliphatic carbocycles. The fraction of sp³-hybridized carbons (Fsp3) is 0.609. The van der Waals surface area contributed by atoms with Gasteiger partial charge in [0.15, 0.2) is 0 Å². The van der Waals surface area contributed by atoms with E-state index in [4.69, 9.17) is 14.1 Å². The van der Waals surface area contributed by atoms with E-state index in [0.29, 0.717) is 17.7 Å². The van der Waals surface area contributed by atoms with Crippen molar-refractivity contribution >= 4 is 5.65 Å². The molecule has 2 aliphatic heterocycles. The Morgan fingerprint density at radius 3 is 2.67 bits per heavy atom. The number of fused-ring (bicyclic) bond motifs is 1. The Balaban J connectivity index is 1.27. The zero-order valence-electron chi connectivity index (χ0n) is 18.0. The Labute approximate surface area is 177 Å². The third kappa shape index (κ3) is 4.01. The van der Waals surface area contributed by atoms with Crippen molar-refractivity contribution < 1.29 is 9.15 Å². The first kappa shape index (κ1) is 19.7. The van der Waals surface area contributed by atoms with Gasteiger partial charge in [-0.2, -0.15) is 0 Å². The summed E-state index contributed by atoms with van der Waals surface area (Å²) in [6.07, 6.45) is 8.65. The predicted molar refractivity (Wildman–Crippen MR) is 115 cm³/mol. The normalized spacial score (nSPS) is 19.8. The monoisotopic (exact) mass is 409 g/mol. The molecule has 160 valence electrons. The summed E-state index contributed by atoms with van der Waals surface area (Å²) in [4.78, 5) is 7.40. The van der Waals surface area contributed by atoms with Crippen molar-refractivity contribution in [2.45, 2.75) is 51.4 Å². The summed E-state index contributed by atoms with van der Waals surface area (Å²) in [5.41, 5.74) is 2.85. The fourth-order valence-electron chi connectivity index (χ4n) is 4.64. The highest BCUT2D eigenvalue weighted by Crippen LogP contribution is 2.31. The molecule has 0 bridgehead atoms. The summed E-state index contributed by atoms with van der Waals surface area (Å²) in [5.74, 6) is 2.86. The minimum atomic E-state index is 0.350. The molecule has 2 aliphatic rings. The van der Waals surface area contributed by atoms with Crippen molar-refractivity contribution in [3.63, 3.8) is 0 Å². The van der Waals surface area contributed by atoms with Crippen LogP contribution in [0.4, 0.5) is 0 Å². The molecule has 2 fully saturated rings. The molecule has 0 spiro atoms. The molecule has 0 unspecified atom stereocenters. The number of nitrogens with zero attached hydrogens (tertiary/aromatic N) is 5. The number of ether oxygens (including phenoxy) is 1. The number of hydrogen-bond acceptors (Lipinski definition) is 6. The van der Waals surface area contributed by atoms with Crippen LogP contribution >= 0.6 is 0 Å². The van der Waals surface area contributed by atoms with Gasteiger partial charge in [0.2, 0.25) is 5.89 Å². The summed E-state index contributed by atoms with van der Waals surface area (Å²) in [6.45, 7) is 9.56. The van der Waals surface area contributed by atoms with E-state index in [1.54, 1.807) is 0 Å². The van der Waals surface area contributed by atoms with Gasteiger partial charge in [-0.05, 0) is 62.7 Å². The van der Waals surface area contributed by atoms with Gasteiger partial charge in [-0.1, -0.05) is 13.8 Å². The Morgan fingerprint density at radius 2 is 1.90 bits per heavy atom. The van der Waals surface area contributed by atoms with Crippen LogP contribution in [0.2, 0.25) is 0 Å². The first-order valence-electron chi connectivity index (χ1n) is 11.3. The van der Waals surface area contributed by atoms with E-state index < -0.39 is 0 Å². The largest absolute Gasteiger partial charge is 0.420 e. The molecule has 5 heterocycles. The van der Waals surface area contributed by atoms with Crippen LogP contribution in [0.1, 0.15) is 63.0 Å². The molecule has 0 amide bonds. The first-order chi connectivity index (χ1) is 14.7. The summed E-state index contributed by atoms with van der Waals surface area (Å²) >= 11 is 0. The quantitative estimate of drug-likeness (QED) is 0.632. The van der Waals surface area contributed by atoms with Gasteiger partial charge >= 0.3 is 0 Å². The number of imidazole rings is 1. The highest BCUT2D eigenvalue weighted by Gasteiger charge is 2.27. The smallest absolute Gasteiger partial charge is 0.251 e. The first-order valence-corrected chi connectivity index (χ1v) is 11.3. The van der Waals surface area contributed by atoms with Crippen molar-refractivity contribution in [2.75, 3.05) is 32.8 Å². The van der Waals surface area contributed by atoms with Crippen LogP contribution in [0.5, 0.6) is 0 Å². The molecule has 7 heteroatoms. The van der Waals surface area contributed by atoms with Gasteiger partial charge in [0.1, 0.15) is 5.65 Å². The Bertz CT molecular complexity index is 981. The lowest BCUT2D eigenvalue weighted by atomic mass is 9.94. The third-order valence-electron chi connectivity index (χ3n) is 6.56. The molecule has 0 atom stereocenters. The number of hydrogen-bond donors (Lipinski definition) is 0. The highest BCUT2D eigenvalue weighted by molar-refractivity contribution is 5.71. The topological polar surface area (TPSA) is 68.7 Å². The van der Waals surface area contributed by atoms with Gasteiger partial charge < -0.3 is 18.5 Å². The van der Waals surface area contributed by atoms with E-state index in [1.165, 1.54) is 19.4 Å². The van der Waals surface area contributed by atoms with E-state index in [2.05, 4.69) is 35.1 Å². The Morgan fingerprint density at radius 1 is 1.10 bits per heavy atom. The lowest BCUT2D eigenvalue weighted by molar-refractivity contribution is 0.0483. The van der Waals surface area contributed by atoms with Crippen LogP contribution in [0.15, 0.2) is 28.9 Å². The second-order valence-corrected chi connectivity index (χ2v) is 9.05. The lowest BCUT2D eigenvalue weighted by Crippen LogP contribution is -2.38. The van der Waals surface area contributed by atoms with Crippen LogP contribution in [-0.2, 0) is 4.74 Å². The van der Waals surface area contributed by atoms with Crippen molar-refractivity contribution in [3.8, 4) is 11.5 Å². The molecule has 3 aromatic rings. The molecule has 7 nitrogen and oxygen atoms in total. The maximum Gasteiger partial charge on any atom is 0.251 e. The molecule has 0 radical (unpaired) electrons. The van der Waals surface area contributed by atoms with Crippen LogP contribution < -0.4 is 0 Å². The molecule has 0 N–H and O–H groups in total. The summed E-state index contributed by atoms with van der Waals surface area (Å²) in [7, 11) is 0. The van der Waals surface area contributed by atoms with E-state index in [0.717, 1.165) is 67.9 Å². The van der Waals surface area contributed by atoms with Crippen LogP contribution in [0, 0.1) is 5.92 Å². The number of rotatable bonds is 5. The van der Waals surface area contributed by atoms with Gasteiger partial charge in [0, 0.05) is 38.1 Å². The van der Waals surface area contributed by atoms with E-state index in [9.17, 15) is 0 Å². The van der Waals surface area contributed by atoms with Gasteiger partial charge in [0.05, 0.1) is 11.3 Å². The minimum absolute atomic E-state index is 0.350. The van der Waals surface area contributed by atoms with Gasteiger partial charge in [-0.15, -0.1) is 10.2 Å². The van der Waals surface area contributed by atoms with E-state index >= 15 is 0 Å². The second kappa shape index (κ2) is 8.47. The second-order valence-electron chi connectivity index (χ2n) is 9.05. The molecule has 2 saturated heterocycles. The maximum absolute atomic E-state index is 6.16. The van der Waals surface area contributed by atoms with Gasteiger partial charge in [0.25, 0.3) is 5.89 Å². The van der Waals surface area contributed by atoms with Crippen LogP contribution in [0.3, 0.4) is 0 Å². The SMILES string of the molecule is CC(C)c1cn2cccc(-c3nnc(C4CCN(CC5CCOCC5)CC4)o3)c2n1. The Hall–Kier alpha value is -2.25.